The van der Waals surface area contributed by atoms with Gasteiger partial charge < -0.3 is 10.6 Å². The lowest BCUT2D eigenvalue weighted by atomic mass is 9.91. The highest BCUT2D eigenvalue weighted by Gasteiger charge is 2.35. The minimum absolute atomic E-state index is 0.239. The van der Waals surface area contributed by atoms with Crippen LogP contribution in [0.2, 0.25) is 5.02 Å². The molecule has 0 aliphatic carbocycles. The van der Waals surface area contributed by atoms with Crippen molar-refractivity contribution >= 4 is 23.4 Å². The molecule has 0 bridgehead atoms. The van der Waals surface area contributed by atoms with Crippen molar-refractivity contribution in [1.82, 2.24) is 10.6 Å². The standard InChI is InChI=1S/C17H25ClN2O2/c1-4-5-6-11-19-15(21)17(2,3)16(22)20-12-13-7-9-14(18)10-8-13/h7-10H,4-6,11-12H2,1-3H3,(H,19,21)(H,20,22). The van der Waals surface area contributed by atoms with Crippen LogP contribution >= 0.6 is 11.6 Å². The molecular weight excluding hydrogens is 300 g/mol. The normalized spacial score (nSPS) is 11.1. The van der Waals surface area contributed by atoms with Gasteiger partial charge in [-0.1, -0.05) is 43.5 Å². The summed E-state index contributed by atoms with van der Waals surface area (Å²) in [6.45, 7) is 6.37. The summed E-state index contributed by atoms with van der Waals surface area (Å²) in [5.41, 5.74) is -0.143. The van der Waals surface area contributed by atoms with Gasteiger partial charge in [0, 0.05) is 18.1 Å². The molecule has 0 radical (unpaired) electrons. The van der Waals surface area contributed by atoms with Gasteiger partial charge in [-0.3, -0.25) is 9.59 Å². The predicted octanol–water partition coefficient (Wildman–Crippen LogP) is 3.29. The number of carbonyl (C=O) groups excluding carboxylic acids is 2. The van der Waals surface area contributed by atoms with Gasteiger partial charge in [-0.2, -0.15) is 0 Å². The molecule has 122 valence electrons. The van der Waals surface area contributed by atoms with Crippen molar-refractivity contribution in [2.24, 2.45) is 5.41 Å². The zero-order chi connectivity index (χ0) is 16.6. The van der Waals surface area contributed by atoms with Crippen molar-refractivity contribution < 1.29 is 9.59 Å². The summed E-state index contributed by atoms with van der Waals surface area (Å²) < 4.78 is 0. The van der Waals surface area contributed by atoms with Crippen molar-refractivity contribution in [2.75, 3.05) is 6.54 Å². The summed E-state index contributed by atoms with van der Waals surface area (Å²) >= 11 is 5.82. The molecular formula is C17H25ClN2O2. The summed E-state index contributed by atoms with van der Waals surface area (Å²) in [4.78, 5) is 24.4. The number of amides is 2. The Balaban J connectivity index is 2.47. The van der Waals surface area contributed by atoms with E-state index < -0.39 is 5.41 Å². The fourth-order valence-corrected chi connectivity index (χ4v) is 2.03. The second-order valence-corrected chi connectivity index (χ2v) is 6.33. The number of benzene rings is 1. The summed E-state index contributed by atoms with van der Waals surface area (Å²) in [5.74, 6) is -0.521. The van der Waals surface area contributed by atoms with Crippen LogP contribution in [0.3, 0.4) is 0 Å². The van der Waals surface area contributed by atoms with E-state index in [1.165, 1.54) is 0 Å². The molecule has 0 atom stereocenters. The SMILES string of the molecule is CCCCCNC(=O)C(C)(C)C(=O)NCc1ccc(Cl)cc1. The lowest BCUT2D eigenvalue weighted by Crippen LogP contribution is -2.47. The lowest BCUT2D eigenvalue weighted by Gasteiger charge is -2.22. The molecule has 0 saturated carbocycles. The van der Waals surface area contributed by atoms with Crippen LogP contribution in [0.5, 0.6) is 0 Å². The van der Waals surface area contributed by atoms with Gasteiger partial charge in [0.15, 0.2) is 0 Å². The Kier molecular flexibility index (Phi) is 7.39. The fourth-order valence-electron chi connectivity index (χ4n) is 1.91. The van der Waals surface area contributed by atoms with Gasteiger partial charge in [0.2, 0.25) is 11.8 Å². The van der Waals surface area contributed by atoms with E-state index in [1.54, 1.807) is 26.0 Å². The van der Waals surface area contributed by atoms with Crippen LogP contribution in [0.15, 0.2) is 24.3 Å². The summed E-state index contributed by atoms with van der Waals surface area (Å²) in [7, 11) is 0. The third-order valence-electron chi connectivity index (χ3n) is 3.57. The van der Waals surface area contributed by atoms with E-state index in [0.717, 1.165) is 24.8 Å². The highest BCUT2D eigenvalue weighted by Crippen LogP contribution is 2.16. The molecule has 0 spiro atoms. The number of hydrogen-bond donors (Lipinski definition) is 2. The average Bonchev–Trinajstić information content (AvgIpc) is 2.50. The van der Waals surface area contributed by atoms with Gasteiger partial charge in [-0.15, -0.1) is 0 Å². The first-order chi connectivity index (χ1) is 10.4. The molecule has 22 heavy (non-hydrogen) atoms. The van der Waals surface area contributed by atoms with Gasteiger partial charge in [-0.05, 0) is 38.0 Å². The third kappa shape index (κ3) is 5.68. The number of carbonyl (C=O) groups is 2. The van der Waals surface area contributed by atoms with Crippen LogP contribution in [-0.2, 0) is 16.1 Å². The molecule has 2 N–H and O–H groups in total. The Bertz CT molecular complexity index is 498. The van der Waals surface area contributed by atoms with Gasteiger partial charge in [0.1, 0.15) is 5.41 Å². The first-order valence-corrected chi connectivity index (χ1v) is 8.06. The molecule has 0 heterocycles. The Labute approximate surface area is 137 Å². The fraction of sp³-hybridized carbons (Fsp3) is 0.529. The number of unbranched alkanes of at least 4 members (excludes halogenated alkanes) is 2. The Morgan fingerprint density at radius 1 is 1.05 bits per heavy atom. The van der Waals surface area contributed by atoms with Crippen molar-refractivity contribution in [3.8, 4) is 0 Å². The largest absolute Gasteiger partial charge is 0.355 e. The minimum Gasteiger partial charge on any atom is -0.355 e. The number of rotatable bonds is 8. The molecule has 0 aliphatic heterocycles. The summed E-state index contributed by atoms with van der Waals surface area (Å²) in [6.07, 6.45) is 3.11. The Hall–Kier alpha value is -1.55. The second kappa shape index (κ2) is 8.79. The molecule has 1 aromatic carbocycles. The molecule has 1 rings (SSSR count). The number of nitrogens with one attached hydrogen (secondary N) is 2. The van der Waals surface area contributed by atoms with E-state index in [-0.39, 0.29) is 11.8 Å². The van der Waals surface area contributed by atoms with Crippen LogP contribution in [0.1, 0.15) is 45.6 Å². The van der Waals surface area contributed by atoms with Crippen LogP contribution in [0.4, 0.5) is 0 Å². The smallest absolute Gasteiger partial charge is 0.235 e. The number of hydrogen-bond acceptors (Lipinski definition) is 2. The van der Waals surface area contributed by atoms with E-state index >= 15 is 0 Å². The maximum atomic E-state index is 12.2. The van der Waals surface area contributed by atoms with E-state index in [0.29, 0.717) is 18.1 Å². The molecule has 0 saturated heterocycles. The molecule has 1 aromatic rings. The molecule has 5 heteroatoms. The molecule has 0 aromatic heterocycles. The van der Waals surface area contributed by atoms with E-state index in [9.17, 15) is 9.59 Å². The molecule has 0 fully saturated rings. The molecule has 2 amide bonds. The van der Waals surface area contributed by atoms with E-state index in [4.69, 9.17) is 11.6 Å². The summed E-state index contributed by atoms with van der Waals surface area (Å²) in [5, 5.41) is 6.28. The quantitative estimate of drug-likeness (QED) is 0.569. The maximum absolute atomic E-state index is 12.2. The van der Waals surface area contributed by atoms with Crippen LogP contribution in [0.25, 0.3) is 0 Å². The van der Waals surface area contributed by atoms with E-state index in [1.807, 2.05) is 12.1 Å². The highest BCUT2D eigenvalue weighted by atomic mass is 35.5. The van der Waals surface area contributed by atoms with Gasteiger partial charge in [-0.25, -0.2) is 0 Å². The predicted molar refractivity (Wildman–Crippen MR) is 89.6 cm³/mol. The lowest BCUT2D eigenvalue weighted by molar-refractivity contribution is -0.141. The van der Waals surface area contributed by atoms with Gasteiger partial charge in [0.05, 0.1) is 0 Å². The number of halogens is 1. The van der Waals surface area contributed by atoms with Crippen LogP contribution < -0.4 is 10.6 Å². The zero-order valence-electron chi connectivity index (χ0n) is 13.5. The molecule has 0 unspecified atom stereocenters. The van der Waals surface area contributed by atoms with Crippen molar-refractivity contribution in [1.29, 1.82) is 0 Å². The first-order valence-electron chi connectivity index (χ1n) is 7.69. The Morgan fingerprint density at radius 3 is 2.23 bits per heavy atom. The zero-order valence-corrected chi connectivity index (χ0v) is 14.3. The summed E-state index contributed by atoms with van der Waals surface area (Å²) in [6, 6.07) is 7.24. The van der Waals surface area contributed by atoms with Crippen molar-refractivity contribution in [3.05, 3.63) is 34.9 Å². The topological polar surface area (TPSA) is 58.2 Å². The van der Waals surface area contributed by atoms with Crippen LogP contribution in [-0.4, -0.2) is 18.4 Å². The van der Waals surface area contributed by atoms with Crippen LogP contribution in [0, 0.1) is 5.41 Å². The Morgan fingerprint density at radius 2 is 1.64 bits per heavy atom. The molecule has 0 aliphatic rings. The average molecular weight is 325 g/mol. The second-order valence-electron chi connectivity index (χ2n) is 5.90. The minimum atomic E-state index is -1.08. The highest BCUT2D eigenvalue weighted by molar-refractivity contribution is 6.30. The van der Waals surface area contributed by atoms with E-state index in [2.05, 4.69) is 17.6 Å². The maximum Gasteiger partial charge on any atom is 0.235 e. The first kappa shape index (κ1) is 18.5. The van der Waals surface area contributed by atoms with Gasteiger partial charge in [0.25, 0.3) is 0 Å². The monoisotopic (exact) mass is 324 g/mol. The van der Waals surface area contributed by atoms with Crippen molar-refractivity contribution in [3.63, 3.8) is 0 Å². The van der Waals surface area contributed by atoms with Crippen molar-refractivity contribution in [2.45, 2.75) is 46.6 Å². The third-order valence-corrected chi connectivity index (χ3v) is 3.82. The van der Waals surface area contributed by atoms with Gasteiger partial charge >= 0.3 is 0 Å². The molecule has 4 nitrogen and oxygen atoms in total.